The lowest BCUT2D eigenvalue weighted by Gasteiger charge is -2.30. The van der Waals surface area contributed by atoms with Gasteiger partial charge in [-0.05, 0) is 33.2 Å². The molecule has 20 heavy (non-hydrogen) atoms. The summed E-state index contributed by atoms with van der Waals surface area (Å²) in [5.74, 6) is 0.0210. The highest BCUT2D eigenvalue weighted by molar-refractivity contribution is 7.88. The van der Waals surface area contributed by atoms with Crippen molar-refractivity contribution >= 4 is 15.9 Å². The van der Waals surface area contributed by atoms with Gasteiger partial charge in [-0.15, -0.1) is 0 Å². The highest BCUT2D eigenvalue weighted by Crippen LogP contribution is 2.31. The summed E-state index contributed by atoms with van der Waals surface area (Å²) in [6.45, 7) is 7.43. The summed E-state index contributed by atoms with van der Waals surface area (Å²) in [5, 5.41) is 6.15. The molecular weight excluding hydrogens is 278 g/mol. The lowest BCUT2D eigenvalue weighted by molar-refractivity contribution is -0.130. The van der Waals surface area contributed by atoms with Crippen LogP contribution in [-0.2, 0) is 14.8 Å². The minimum absolute atomic E-state index is 0.0210. The highest BCUT2D eigenvalue weighted by atomic mass is 32.2. The van der Waals surface area contributed by atoms with Crippen molar-refractivity contribution < 1.29 is 13.2 Å². The third kappa shape index (κ3) is 5.03. The number of nitrogens with one attached hydrogen (secondary N) is 3. The maximum absolute atomic E-state index is 12.4. The quantitative estimate of drug-likeness (QED) is 0.627. The van der Waals surface area contributed by atoms with Crippen LogP contribution in [0.3, 0.4) is 0 Å². The first-order chi connectivity index (χ1) is 9.10. The fourth-order valence-corrected chi connectivity index (χ4v) is 3.85. The smallest absolute Gasteiger partial charge is 0.227 e. The Kier molecular flexibility index (Phi) is 5.57. The van der Waals surface area contributed by atoms with Gasteiger partial charge in [-0.1, -0.05) is 13.3 Å². The zero-order chi connectivity index (χ0) is 15.4. The van der Waals surface area contributed by atoms with E-state index < -0.39 is 15.6 Å². The fraction of sp³-hybridized carbons (Fsp3) is 0.923. The zero-order valence-electron chi connectivity index (χ0n) is 12.9. The molecule has 0 aromatic heterocycles. The number of hydrogen-bond acceptors (Lipinski definition) is 4. The fourth-order valence-electron chi connectivity index (χ4n) is 2.77. The molecule has 0 radical (unpaired) electrons. The van der Waals surface area contributed by atoms with Crippen molar-refractivity contribution in [1.82, 2.24) is 15.4 Å². The number of carbonyl (C=O) groups excluding carboxylic acids is 1. The molecule has 0 aromatic carbocycles. The van der Waals surface area contributed by atoms with E-state index in [1.54, 1.807) is 13.8 Å². The lowest BCUT2D eigenvalue weighted by atomic mass is 9.81. The number of amides is 1. The Morgan fingerprint density at radius 1 is 1.40 bits per heavy atom. The summed E-state index contributed by atoms with van der Waals surface area (Å²) in [6, 6.07) is 0. The molecule has 7 heteroatoms. The maximum Gasteiger partial charge on any atom is 0.227 e. The van der Waals surface area contributed by atoms with Crippen LogP contribution in [0.4, 0.5) is 0 Å². The van der Waals surface area contributed by atoms with Crippen molar-refractivity contribution in [3.63, 3.8) is 0 Å². The van der Waals surface area contributed by atoms with Gasteiger partial charge in [0.2, 0.25) is 15.9 Å². The SMILES string of the molecule is CCCC1(C(=O)NCC(C)(C)NS(C)(=O)=O)CCNC1. The molecule has 1 heterocycles. The molecule has 1 unspecified atom stereocenters. The van der Waals surface area contributed by atoms with E-state index in [2.05, 4.69) is 22.3 Å². The van der Waals surface area contributed by atoms with E-state index in [4.69, 9.17) is 0 Å². The first-order valence-corrected chi connectivity index (χ1v) is 8.97. The van der Waals surface area contributed by atoms with E-state index in [9.17, 15) is 13.2 Å². The average Bonchev–Trinajstić information content (AvgIpc) is 2.73. The highest BCUT2D eigenvalue weighted by Gasteiger charge is 2.40. The number of carbonyl (C=O) groups is 1. The predicted molar refractivity (Wildman–Crippen MR) is 79.9 cm³/mol. The van der Waals surface area contributed by atoms with E-state index in [1.807, 2.05) is 0 Å². The molecule has 1 fully saturated rings. The molecule has 1 atom stereocenters. The summed E-state index contributed by atoms with van der Waals surface area (Å²) in [7, 11) is -3.29. The van der Waals surface area contributed by atoms with Crippen molar-refractivity contribution in [2.24, 2.45) is 5.41 Å². The Morgan fingerprint density at radius 2 is 2.05 bits per heavy atom. The van der Waals surface area contributed by atoms with Crippen LogP contribution in [0.25, 0.3) is 0 Å². The van der Waals surface area contributed by atoms with Gasteiger partial charge in [-0.2, -0.15) is 0 Å². The Balaban J connectivity index is 2.61. The molecule has 1 rings (SSSR count). The molecule has 0 bridgehead atoms. The van der Waals surface area contributed by atoms with Gasteiger partial charge < -0.3 is 10.6 Å². The summed E-state index contributed by atoms with van der Waals surface area (Å²) >= 11 is 0. The third-order valence-corrected chi connectivity index (χ3v) is 4.53. The van der Waals surface area contributed by atoms with Gasteiger partial charge in [0, 0.05) is 18.6 Å². The van der Waals surface area contributed by atoms with Gasteiger partial charge in [0.05, 0.1) is 11.7 Å². The molecule has 6 nitrogen and oxygen atoms in total. The zero-order valence-corrected chi connectivity index (χ0v) is 13.7. The van der Waals surface area contributed by atoms with Gasteiger partial charge in [0.1, 0.15) is 0 Å². The van der Waals surface area contributed by atoms with Gasteiger partial charge >= 0.3 is 0 Å². The second-order valence-electron chi connectivity index (χ2n) is 6.40. The molecule has 3 N–H and O–H groups in total. The molecule has 0 saturated carbocycles. The molecule has 118 valence electrons. The van der Waals surface area contributed by atoms with Gasteiger partial charge in [-0.25, -0.2) is 13.1 Å². The van der Waals surface area contributed by atoms with E-state index >= 15 is 0 Å². The van der Waals surface area contributed by atoms with E-state index in [-0.39, 0.29) is 17.9 Å². The monoisotopic (exact) mass is 305 g/mol. The van der Waals surface area contributed by atoms with Crippen LogP contribution in [0, 0.1) is 5.41 Å². The number of hydrogen-bond donors (Lipinski definition) is 3. The largest absolute Gasteiger partial charge is 0.354 e. The van der Waals surface area contributed by atoms with Gasteiger partial charge in [0.15, 0.2) is 0 Å². The van der Waals surface area contributed by atoms with Crippen molar-refractivity contribution in [3.05, 3.63) is 0 Å². The minimum Gasteiger partial charge on any atom is -0.354 e. The Labute approximate surface area is 122 Å². The van der Waals surface area contributed by atoms with E-state index in [0.29, 0.717) is 6.54 Å². The van der Waals surface area contributed by atoms with Crippen LogP contribution in [0.15, 0.2) is 0 Å². The van der Waals surface area contributed by atoms with Gasteiger partial charge in [0.25, 0.3) is 0 Å². The third-order valence-electron chi connectivity index (χ3n) is 3.61. The second kappa shape index (κ2) is 6.41. The standard InChI is InChI=1S/C13H27N3O3S/c1-5-6-13(7-8-14-10-13)11(17)15-9-12(2,3)16-20(4,18)19/h14,16H,5-10H2,1-4H3,(H,15,17). The molecule has 1 amide bonds. The van der Waals surface area contributed by atoms with E-state index in [1.165, 1.54) is 0 Å². The topological polar surface area (TPSA) is 87.3 Å². The van der Waals surface area contributed by atoms with Crippen LogP contribution in [0.2, 0.25) is 0 Å². The van der Waals surface area contributed by atoms with Crippen molar-refractivity contribution in [2.75, 3.05) is 25.9 Å². The van der Waals surface area contributed by atoms with Crippen molar-refractivity contribution in [2.45, 2.75) is 45.6 Å². The molecular formula is C13H27N3O3S. The molecule has 0 aliphatic carbocycles. The normalized spacial score (nSPS) is 23.8. The van der Waals surface area contributed by atoms with Crippen LogP contribution in [0.1, 0.15) is 40.0 Å². The summed E-state index contributed by atoms with van der Waals surface area (Å²) in [6.07, 6.45) is 3.77. The molecule has 0 spiro atoms. The first-order valence-electron chi connectivity index (χ1n) is 7.08. The average molecular weight is 305 g/mol. The van der Waals surface area contributed by atoms with Crippen LogP contribution in [-0.4, -0.2) is 45.8 Å². The summed E-state index contributed by atoms with van der Waals surface area (Å²) < 4.78 is 25.1. The molecule has 1 aliphatic rings. The van der Waals surface area contributed by atoms with E-state index in [0.717, 1.165) is 32.1 Å². The van der Waals surface area contributed by atoms with Gasteiger partial charge in [-0.3, -0.25) is 4.79 Å². The van der Waals surface area contributed by atoms with Crippen LogP contribution in [0.5, 0.6) is 0 Å². The predicted octanol–water partition coefficient (Wildman–Crippen LogP) is 0.210. The van der Waals surface area contributed by atoms with Crippen LogP contribution >= 0.6 is 0 Å². The Morgan fingerprint density at radius 3 is 2.50 bits per heavy atom. The number of sulfonamides is 1. The minimum atomic E-state index is -3.29. The number of rotatable bonds is 7. The van der Waals surface area contributed by atoms with Crippen LogP contribution < -0.4 is 15.4 Å². The molecule has 1 aliphatic heterocycles. The summed E-state index contributed by atoms with van der Waals surface area (Å²) in [5.41, 5.74) is -1.03. The maximum atomic E-state index is 12.4. The molecule has 1 saturated heterocycles. The lowest BCUT2D eigenvalue weighted by Crippen LogP contribution is -2.53. The Bertz CT molecular complexity index is 440. The Hall–Kier alpha value is -0.660. The summed E-state index contributed by atoms with van der Waals surface area (Å²) in [4.78, 5) is 12.4. The second-order valence-corrected chi connectivity index (χ2v) is 8.15. The molecule has 0 aromatic rings. The van der Waals surface area contributed by atoms with Crippen molar-refractivity contribution in [1.29, 1.82) is 0 Å². The van der Waals surface area contributed by atoms with Crippen molar-refractivity contribution in [3.8, 4) is 0 Å². The first kappa shape index (κ1) is 17.4.